The highest BCUT2D eigenvalue weighted by Crippen LogP contribution is 2.20. The first-order chi connectivity index (χ1) is 8.60. The Bertz CT molecular complexity index is 580. The zero-order valence-electron chi connectivity index (χ0n) is 9.67. The molecule has 0 aliphatic heterocycles. The van der Waals surface area contributed by atoms with Crippen LogP contribution in [0.1, 0.15) is 23.2 Å². The number of aryl methyl sites for hydroxylation is 1. The molecule has 5 heteroatoms. The van der Waals surface area contributed by atoms with Gasteiger partial charge in [-0.25, -0.2) is 4.39 Å². The molecular formula is C13H11BrFNO2. The third-order valence-electron chi connectivity index (χ3n) is 2.41. The lowest BCUT2D eigenvalue weighted by Gasteiger charge is -2.04. The molecule has 0 bridgehead atoms. The van der Waals surface area contributed by atoms with E-state index in [0.29, 0.717) is 10.9 Å². The van der Waals surface area contributed by atoms with Crippen LogP contribution < -0.4 is 5.32 Å². The Morgan fingerprint density at radius 1 is 1.39 bits per heavy atom. The molecule has 0 fully saturated rings. The van der Waals surface area contributed by atoms with E-state index in [1.165, 1.54) is 12.1 Å². The maximum Gasteiger partial charge on any atom is 0.291 e. The van der Waals surface area contributed by atoms with Gasteiger partial charge in [0.15, 0.2) is 5.76 Å². The smallest absolute Gasteiger partial charge is 0.291 e. The first-order valence-corrected chi connectivity index (χ1v) is 6.24. The summed E-state index contributed by atoms with van der Waals surface area (Å²) >= 11 is 3.15. The van der Waals surface area contributed by atoms with E-state index in [1.54, 1.807) is 18.2 Å². The Kier molecular flexibility index (Phi) is 3.81. The predicted molar refractivity (Wildman–Crippen MR) is 70.1 cm³/mol. The molecule has 1 amide bonds. The number of carbonyl (C=O) groups is 1. The van der Waals surface area contributed by atoms with Crippen LogP contribution in [-0.2, 0) is 6.42 Å². The number of halogens is 2. The summed E-state index contributed by atoms with van der Waals surface area (Å²) in [6.45, 7) is 1.93. The van der Waals surface area contributed by atoms with Crippen LogP contribution in [0.15, 0.2) is 39.2 Å². The van der Waals surface area contributed by atoms with Crippen molar-refractivity contribution in [2.75, 3.05) is 5.32 Å². The third-order valence-corrected chi connectivity index (χ3v) is 2.91. The summed E-state index contributed by atoms with van der Waals surface area (Å²) < 4.78 is 19.4. The molecule has 1 aromatic heterocycles. The molecule has 1 heterocycles. The number of amides is 1. The highest BCUT2D eigenvalue weighted by atomic mass is 79.9. The zero-order chi connectivity index (χ0) is 13.1. The van der Waals surface area contributed by atoms with Gasteiger partial charge in [0, 0.05) is 10.9 Å². The summed E-state index contributed by atoms with van der Waals surface area (Å²) in [7, 11) is 0. The highest BCUT2D eigenvalue weighted by Gasteiger charge is 2.13. The van der Waals surface area contributed by atoms with Crippen molar-refractivity contribution in [3.05, 3.63) is 52.1 Å². The van der Waals surface area contributed by atoms with Crippen molar-refractivity contribution in [3.63, 3.8) is 0 Å². The first-order valence-electron chi connectivity index (χ1n) is 5.45. The molecule has 18 heavy (non-hydrogen) atoms. The van der Waals surface area contributed by atoms with Gasteiger partial charge in [0.25, 0.3) is 5.91 Å². The molecule has 2 aromatic rings. The molecule has 0 aliphatic carbocycles. The van der Waals surface area contributed by atoms with Crippen LogP contribution in [0, 0.1) is 5.82 Å². The van der Waals surface area contributed by atoms with Crippen molar-refractivity contribution in [2.24, 2.45) is 0 Å². The second-order valence-electron chi connectivity index (χ2n) is 3.70. The van der Waals surface area contributed by atoms with Crippen LogP contribution in [0.2, 0.25) is 0 Å². The van der Waals surface area contributed by atoms with Crippen molar-refractivity contribution >= 4 is 27.5 Å². The van der Waals surface area contributed by atoms with Gasteiger partial charge in [-0.05, 0) is 30.3 Å². The minimum Gasteiger partial charge on any atom is -0.456 e. The molecule has 94 valence electrons. The van der Waals surface area contributed by atoms with Crippen LogP contribution >= 0.6 is 15.9 Å². The Labute approximate surface area is 112 Å². The maximum atomic E-state index is 13.5. The second kappa shape index (κ2) is 5.35. The molecule has 0 saturated heterocycles. The van der Waals surface area contributed by atoms with Crippen LogP contribution in [0.3, 0.4) is 0 Å². The average Bonchev–Trinajstić information content (AvgIpc) is 2.81. The largest absolute Gasteiger partial charge is 0.456 e. The SMILES string of the molecule is CCc1ccc(C(=O)Nc2ccc(Br)cc2F)o1. The Balaban J connectivity index is 2.16. The fourth-order valence-electron chi connectivity index (χ4n) is 1.46. The number of hydrogen-bond acceptors (Lipinski definition) is 2. The van der Waals surface area contributed by atoms with Crippen LogP contribution in [0.25, 0.3) is 0 Å². The molecular weight excluding hydrogens is 301 g/mol. The van der Waals surface area contributed by atoms with Gasteiger partial charge in [-0.3, -0.25) is 4.79 Å². The quantitative estimate of drug-likeness (QED) is 0.931. The lowest BCUT2D eigenvalue weighted by Crippen LogP contribution is -2.12. The number of furan rings is 1. The van der Waals surface area contributed by atoms with Crippen molar-refractivity contribution in [3.8, 4) is 0 Å². The van der Waals surface area contributed by atoms with Gasteiger partial charge in [0.05, 0.1) is 5.69 Å². The van der Waals surface area contributed by atoms with Crippen LogP contribution in [-0.4, -0.2) is 5.91 Å². The van der Waals surface area contributed by atoms with Gasteiger partial charge in [-0.15, -0.1) is 0 Å². The molecule has 1 aromatic carbocycles. The standard InChI is InChI=1S/C13H11BrFNO2/c1-2-9-4-6-12(18-9)13(17)16-11-5-3-8(14)7-10(11)15/h3-7H,2H2,1H3,(H,16,17). The summed E-state index contributed by atoms with van der Waals surface area (Å²) in [6.07, 6.45) is 0.708. The van der Waals surface area contributed by atoms with Crippen molar-refractivity contribution in [1.29, 1.82) is 0 Å². The van der Waals surface area contributed by atoms with Gasteiger partial charge in [-0.1, -0.05) is 22.9 Å². The number of hydrogen-bond donors (Lipinski definition) is 1. The normalized spacial score (nSPS) is 10.4. The van der Waals surface area contributed by atoms with E-state index in [2.05, 4.69) is 21.2 Å². The number of rotatable bonds is 3. The predicted octanol–water partition coefficient (Wildman–Crippen LogP) is 4.00. The Morgan fingerprint density at radius 2 is 2.17 bits per heavy atom. The van der Waals surface area contributed by atoms with E-state index < -0.39 is 11.7 Å². The van der Waals surface area contributed by atoms with Crippen LogP contribution in [0.5, 0.6) is 0 Å². The minimum absolute atomic E-state index is 0.123. The lowest BCUT2D eigenvalue weighted by molar-refractivity contribution is 0.0994. The van der Waals surface area contributed by atoms with Crippen LogP contribution in [0.4, 0.5) is 10.1 Å². The van der Waals surface area contributed by atoms with Gasteiger partial charge in [-0.2, -0.15) is 0 Å². The van der Waals surface area contributed by atoms with Crippen molar-refractivity contribution in [1.82, 2.24) is 0 Å². The zero-order valence-corrected chi connectivity index (χ0v) is 11.3. The van der Waals surface area contributed by atoms with E-state index in [1.807, 2.05) is 6.92 Å². The van der Waals surface area contributed by atoms with Gasteiger partial charge >= 0.3 is 0 Å². The van der Waals surface area contributed by atoms with Crippen molar-refractivity contribution in [2.45, 2.75) is 13.3 Å². The topological polar surface area (TPSA) is 42.2 Å². The Morgan fingerprint density at radius 3 is 2.78 bits per heavy atom. The number of carbonyl (C=O) groups excluding carboxylic acids is 1. The molecule has 0 aliphatic rings. The summed E-state index contributed by atoms with van der Waals surface area (Å²) in [5, 5.41) is 2.46. The average molecular weight is 312 g/mol. The van der Waals surface area contributed by atoms with E-state index >= 15 is 0 Å². The fourth-order valence-corrected chi connectivity index (χ4v) is 1.80. The van der Waals surface area contributed by atoms with E-state index in [-0.39, 0.29) is 11.4 Å². The molecule has 0 spiro atoms. The van der Waals surface area contributed by atoms with Crippen molar-refractivity contribution < 1.29 is 13.6 Å². The molecule has 3 nitrogen and oxygen atoms in total. The first kappa shape index (κ1) is 12.8. The molecule has 0 saturated carbocycles. The summed E-state index contributed by atoms with van der Waals surface area (Å²) in [4.78, 5) is 11.8. The van der Waals surface area contributed by atoms with E-state index in [0.717, 1.165) is 5.76 Å². The minimum atomic E-state index is -0.500. The maximum absolute atomic E-state index is 13.5. The molecule has 2 rings (SSSR count). The monoisotopic (exact) mass is 311 g/mol. The molecule has 0 atom stereocenters. The van der Waals surface area contributed by atoms with Gasteiger partial charge < -0.3 is 9.73 Å². The Hall–Kier alpha value is -1.62. The summed E-state index contributed by atoms with van der Waals surface area (Å²) in [6, 6.07) is 7.73. The highest BCUT2D eigenvalue weighted by molar-refractivity contribution is 9.10. The summed E-state index contributed by atoms with van der Waals surface area (Å²) in [5.74, 6) is -0.0680. The van der Waals surface area contributed by atoms with Gasteiger partial charge in [0.2, 0.25) is 0 Å². The number of nitrogens with one attached hydrogen (secondary N) is 1. The van der Waals surface area contributed by atoms with E-state index in [9.17, 15) is 9.18 Å². The van der Waals surface area contributed by atoms with E-state index in [4.69, 9.17) is 4.42 Å². The number of anilines is 1. The third kappa shape index (κ3) is 2.79. The lowest BCUT2D eigenvalue weighted by atomic mass is 10.3. The molecule has 0 radical (unpaired) electrons. The summed E-state index contributed by atoms with van der Waals surface area (Å²) in [5.41, 5.74) is 0.123. The van der Waals surface area contributed by atoms with Gasteiger partial charge in [0.1, 0.15) is 11.6 Å². The second-order valence-corrected chi connectivity index (χ2v) is 4.61. The molecule has 0 unspecified atom stereocenters. The number of benzene rings is 1. The molecule has 1 N–H and O–H groups in total. The fraction of sp³-hybridized carbons (Fsp3) is 0.154.